The van der Waals surface area contributed by atoms with Gasteiger partial charge in [0.15, 0.2) is 14.6 Å². The molecule has 0 saturated heterocycles. The van der Waals surface area contributed by atoms with E-state index >= 15 is 0 Å². The normalized spacial score (nSPS) is 17.8. The Morgan fingerprint density at radius 2 is 1.88 bits per heavy atom. The van der Waals surface area contributed by atoms with E-state index in [0.717, 1.165) is 6.07 Å². The lowest BCUT2D eigenvalue weighted by Crippen LogP contribution is -2.33. The average molecular weight is 262 g/mol. The maximum atomic E-state index is 13.3. The summed E-state index contributed by atoms with van der Waals surface area (Å²) in [4.78, 5) is 10.0. The molecule has 0 unspecified atom stereocenters. The van der Waals surface area contributed by atoms with E-state index in [0.29, 0.717) is 12.1 Å². The van der Waals surface area contributed by atoms with Gasteiger partial charge in [-0.3, -0.25) is 4.79 Å². The molecule has 1 saturated carbocycles. The second kappa shape index (κ2) is 3.49. The molecule has 1 aromatic carbocycles. The largest absolute Gasteiger partial charge is 0.480 e. The number of halogens is 2. The number of hydrogen-bond donors (Lipinski definition) is 1. The third-order valence-corrected chi connectivity index (χ3v) is 5.29. The van der Waals surface area contributed by atoms with Gasteiger partial charge in [0.1, 0.15) is 16.5 Å². The first-order valence-electron chi connectivity index (χ1n) is 4.74. The zero-order chi connectivity index (χ0) is 12.8. The summed E-state index contributed by atoms with van der Waals surface area (Å²) in [5.74, 6) is -3.59. The first-order valence-corrected chi connectivity index (χ1v) is 6.23. The van der Waals surface area contributed by atoms with Crippen molar-refractivity contribution < 1.29 is 27.1 Å². The van der Waals surface area contributed by atoms with Crippen LogP contribution in [0.25, 0.3) is 0 Å². The molecule has 0 aromatic heterocycles. The molecule has 1 aliphatic carbocycles. The molecule has 0 spiro atoms. The number of sulfone groups is 1. The molecule has 0 amide bonds. The van der Waals surface area contributed by atoms with E-state index in [1.165, 1.54) is 0 Å². The van der Waals surface area contributed by atoms with Crippen LogP contribution in [0.5, 0.6) is 0 Å². The molecule has 17 heavy (non-hydrogen) atoms. The minimum Gasteiger partial charge on any atom is -0.480 e. The molecule has 0 aliphatic heterocycles. The molecule has 2 rings (SSSR count). The van der Waals surface area contributed by atoms with Crippen LogP contribution < -0.4 is 0 Å². The zero-order valence-electron chi connectivity index (χ0n) is 8.48. The Balaban J connectivity index is 2.61. The Bertz CT molecular complexity index is 590. The quantitative estimate of drug-likeness (QED) is 0.892. The fraction of sp³-hybridized carbons (Fsp3) is 0.300. The van der Waals surface area contributed by atoms with Crippen molar-refractivity contribution in [1.82, 2.24) is 0 Å². The fourth-order valence-corrected chi connectivity index (χ4v) is 3.49. The van der Waals surface area contributed by atoms with Gasteiger partial charge in [-0.1, -0.05) is 0 Å². The molecule has 0 atom stereocenters. The second-order valence-electron chi connectivity index (χ2n) is 3.88. The summed E-state index contributed by atoms with van der Waals surface area (Å²) >= 11 is 0. The first-order chi connectivity index (χ1) is 7.81. The highest BCUT2D eigenvalue weighted by Crippen LogP contribution is 2.47. The number of hydrogen-bond acceptors (Lipinski definition) is 3. The Hall–Kier alpha value is -1.50. The summed E-state index contributed by atoms with van der Waals surface area (Å²) in [6.07, 6.45) is -0.165. The average Bonchev–Trinajstić information content (AvgIpc) is 3.02. The van der Waals surface area contributed by atoms with Gasteiger partial charge in [0, 0.05) is 0 Å². The number of carboxylic acid groups (broad SMARTS) is 1. The third kappa shape index (κ3) is 1.61. The Morgan fingerprint density at radius 1 is 1.29 bits per heavy atom. The SMILES string of the molecule is O=C(O)C1(S(=O)(=O)c2cc(F)ccc2F)CC1. The lowest BCUT2D eigenvalue weighted by atomic mass is 10.3. The van der Waals surface area contributed by atoms with Crippen molar-refractivity contribution in [3.8, 4) is 0 Å². The Morgan fingerprint density at radius 3 is 2.35 bits per heavy atom. The molecular weight excluding hydrogens is 254 g/mol. The lowest BCUT2D eigenvalue weighted by molar-refractivity contribution is -0.137. The predicted octanol–water partition coefficient (Wildman–Crippen LogP) is 1.36. The molecular formula is C10H8F2O4S. The van der Waals surface area contributed by atoms with Crippen molar-refractivity contribution in [2.24, 2.45) is 0 Å². The molecule has 0 bridgehead atoms. The number of rotatable bonds is 3. The van der Waals surface area contributed by atoms with Crippen LogP contribution in [0.2, 0.25) is 0 Å². The van der Waals surface area contributed by atoms with Gasteiger partial charge in [0.2, 0.25) is 0 Å². The van der Waals surface area contributed by atoms with Crippen LogP contribution in [0.3, 0.4) is 0 Å². The maximum Gasteiger partial charge on any atom is 0.325 e. The Labute approximate surface area is 95.8 Å². The standard InChI is InChI=1S/C10H8F2O4S/c11-6-1-2-7(12)8(5-6)17(15,16)10(3-4-10)9(13)14/h1-2,5H,3-4H2,(H,13,14). The number of carbonyl (C=O) groups is 1. The maximum absolute atomic E-state index is 13.3. The minimum atomic E-state index is -4.39. The van der Waals surface area contributed by atoms with Crippen molar-refractivity contribution in [3.63, 3.8) is 0 Å². The van der Waals surface area contributed by atoms with E-state index in [1.807, 2.05) is 0 Å². The van der Waals surface area contributed by atoms with Crippen molar-refractivity contribution in [2.45, 2.75) is 22.5 Å². The van der Waals surface area contributed by atoms with E-state index in [4.69, 9.17) is 5.11 Å². The van der Waals surface area contributed by atoms with Crippen LogP contribution in [0, 0.1) is 11.6 Å². The molecule has 0 radical (unpaired) electrons. The molecule has 1 N–H and O–H groups in total. The fourth-order valence-electron chi connectivity index (χ4n) is 1.60. The van der Waals surface area contributed by atoms with Crippen LogP contribution in [-0.2, 0) is 14.6 Å². The highest BCUT2D eigenvalue weighted by molar-refractivity contribution is 7.94. The second-order valence-corrected chi connectivity index (χ2v) is 6.11. The molecule has 1 fully saturated rings. The highest BCUT2D eigenvalue weighted by Gasteiger charge is 2.62. The highest BCUT2D eigenvalue weighted by atomic mass is 32.2. The minimum absolute atomic E-state index is 0.0827. The van der Waals surface area contributed by atoms with Gasteiger partial charge in [-0.15, -0.1) is 0 Å². The van der Waals surface area contributed by atoms with E-state index in [-0.39, 0.29) is 12.8 Å². The summed E-state index contributed by atoms with van der Waals surface area (Å²) in [5, 5.41) is 8.87. The molecule has 0 heterocycles. The topological polar surface area (TPSA) is 71.4 Å². The monoisotopic (exact) mass is 262 g/mol. The Kier molecular flexibility index (Phi) is 2.46. The zero-order valence-corrected chi connectivity index (χ0v) is 9.30. The predicted molar refractivity (Wildman–Crippen MR) is 53.1 cm³/mol. The summed E-state index contributed by atoms with van der Waals surface area (Å²) < 4.78 is 48.2. The van der Waals surface area contributed by atoms with Crippen molar-refractivity contribution in [3.05, 3.63) is 29.8 Å². The smallest absolute Gasteiger partial charge is 0.325 e. The van der Waals surface area contributed by atoms with Gasteiger partial charge >= 0.3 is 5.97 Å². The van der Waals surface area contributed by atoms with Crippen molar-refractivity contribution in [1.29, 1.82) is 0 Å². The summed E-state index contributed by atoms with van der Waals surface area (Å²) in [7, 11) is -4.39. The number of carboxylic acids is 1. The van der Waals surface area contributed by atoms with E-state index in [2.05, 4.69) is 0 Å². The summed E-state index contributed by atoms with van der Waals surface area (Å²) in [6, 6.07) is 1.95. The number of aliphatic carboxylic acids is 1. The summed E-state index contributed by atoms with van der Waals surface area (Å²) in [5.41, 5.74) is 0. The molecule has 7 heteroatoms. The third-order valence-electron chi connectivity index (χ3n) is 2.79. The summed E-state index contributed by atoms with van der Waals surface area (Å²) in [6.45, 7) is 0. The molecule has 4 nitrogen and oxygen atoms in total. The number of benzene rings is 1. The van der Waals surface area contributed by atoms with Crippen LogP contribution in [-0.4, -0.2) is 24.2 Å². The van der Waals surface area contributed by atoms with E-state index < -0.39 is 37.1 Å². The van der Waals surface area contributed by atoms with Crippen LogP contribution >= 0.6 is 0 Å². The van der Waals surface area contributed by atoms with Crippen molar-refractivity contribution >= 4 is 15.8 Å². The lowest BCUT2D eigenvalue weighted by Gasteiger charge is -2.12. The van der Waals surface area contributed by atoms with Crippen LogP contribution in [0.15, 0.2) is 23.1 Å². The van der Waals surface area contributed by atoms with Crippen LogP contribution in [0.1, 0.15) is 12.8 Å². The van der Waals surface area contributed by atoms with Crippen molar-refractivity contribution in [2.75, 3.05) is 0 Å². The van der Waals surface area contributed by atoms with Gasteiger partial charge in [-0.2, -0.15) is 0 Å². The molecule has 1 aromatic rings. The van der Waals surface area contributed by atoms with E-state index in [1.54, 1.807) is 0 Å². The van der Waals surface area contributed by atoms with Gasteiger partial charge < -0.3 is 5.11 Å². The van der Waals surface area contributed by atoms with Gasteiger partial charge in [0.05, 0.1) is 0 Å². The molecule has 92 valence electrons. The van der Waals surface area contributed by atoms with Gasteiger partial charge in [-0.05, 0) is 31.0 Å². The van der Waals surface area contributed by atoms with Gasteiger partial charge in [0.25, 0.3) is 0 Å². The molecule has 1 aliphatic rings. The van der Waals surface area contributed by atoms with E-state index in [9.17, 15) is 22.0 Å². The van der Waals surface area contributed by atoms with Crippen LogP contribution in [0.4, 0.5) is 8.78 Å². The first kappa shape index (κ1) is 12.0. The van der Waals surface area contributed by atoms with Gasteiger partial charge in [-0.25, -0.2) is 17.2 Å².